The molecule has 0 amide bonds. The van der Waals surface area contributed by atoms with E-state index in [1.807, 2.05) is 12.1 Å². The van der Waals surface area contributed by atoms with Gasteiger partial charge in [-0.25, -0.2) is 4.39 Å². The van der Waals surface area contributed by atoms with Crippen LogP contribution in [0.4, 0.5) is 4.39 Å². The number of fused-ring (bicyclic) bond motifs is 1. The Labute approximate surface area is 127 Å². The van der Waals surface area contributed by atoms with Crippen molar-refractivity contribution in [2.75, 3.05) is 0 Å². The second-order valence-corrected chi connectivity index (χ2v) is 6.07. The van der Waals surface area contributed by atoms with E-state index in [1.54, 1.807) is 12.1 Å². The summed E-state index contributed by atoms with van der Waals surface area (Å²) in [6.07, 6.45) is 5.27. The van der Waals surface area contributed by atoms with Crippen LogP contribution in [-0.4, -0.2) is 4.98 Å². The molecule has 1 aliphatic carbocycles. The fourth-order valence-corrected chi connectivity index (χ4v) is 2.91. The van der Waals surface area contributed by atoms with Crippen molar-refractivity contribution in [3.63, 3.8) is 0 Å². The average Bonchev–Trinajstić information content (AvgIpc) is 3.33. The molecular weight excluding hydrogens is 277 g/mol. The summed E-state index contributed by atoms with van der Waals surface area (Å²) in [5.74, 6) is 0.489. The van der Waals surface area contributed by atoms with Crippen molar-refractivity contribution in [3.05, 3.63) is 70.4 Å². The van der Waals surface area contributed by atoms with Crippen LogP contribution in [-0.2, 0) is 6.42 Å². The van der Waals surface area contributed by atoms with Crippen LogP contribution < -0.4 is 5.56 Å². The number of aromatic nitrogens is 1. The molecule has 22 heavy (non-hydrogen) atoms. The first-order valence-corrected chi connectivity index (χ1v) is 7.61. The van der Waals surface area contributed by atoms with Crippen molar-refractivity contribution in [1.82, 2.24) is 4.98 Å². The first-order valence-electron chi connectivity index (χ1n) is 7.61. The van der Waals surface area contributed by atoms with E-state index < -0.39 is 0 Å². The summed E-state index contributed by atoms with van der Waals surface area (Å²) < 4.78 is 14.2. The van der Waals surface area contributed by atoms with Gasteiger partial charge in [-0.2, -0.15) is 0 Å². The Balaban J connectivity index is 1.76. The maximum absolute atomic E-state index is 14.2. The van der Waals surface area contributed by atoms with Crippen LogP contribution in [0.2, 0.25) is 0 Å². The van der Waals surface area contributed by atoms with E-state index in [0.717, 1.165) is 23.5 Å². The molecule has 2 aromatic carbocycles. The molecule has 1 aliphatic rings. The van der Waals surface area contributed by atoms with E-state index in [4.69, 9.17) is 0 Å². The second kappa shape index (κ2) is 5.09. The molecule has 0 atom stereocenters. The van der Waals surface area contributed by atoms with Gasteiger partial charge in [-0.05, 0) is 60.1 Å². The Morgan fingerprint density at radius 2 is 1.77 bits per heavy atom. The number of pyridine rings is 1. The van der Waals surface area contributed by atoms with Gasteiger partial charge in [-0.1, -0.05) is 24.3 Å². The summed E-state index contributed by atoms with van der Waals surface area (Å²) >= 11 is 0. The predicted octanol–water partition coefficient (Wildman–Crippen LogP) is 4.29. The van der Waals surface area contributed by atoms with Crippen LogP contribution in [0.15, 0.2) is 53.5 Å². The van der Waals surface area contributed by atoms with Gasteiger partial charge in [0.25, 0.3) is 5.56 Å². The van der Waals surface area contributed by atoms with E-state index in [2.05, 4.69) is 17.1 Å². The lowest BCUT2D eigenvalue weighted by Crippen LogP contribution is -2.05. The van der Waals surface area contributed by atoms with Crippen LogP contribution in [0, 0.1) is 11.7 Å². The van der Waals surface area contributed by atoms with Gasteiger partial charge < -0.3 is 4.98 Å². The minimum Gasteiger partial charge on any atom is -0.329 e. The van der Waals surface area contributed by atoms with Crippen molar-refractivity contribution < 1.29 is 4.39 Å². The maximum atomic E-state index is 14.2. The SMILES string of the molecule is O=c1[nH]ccc2c(F)cc(-c3ccc(CC4CC4)cc3)cc12. The number of benzene rings is 2. The summed E-state index contributed by atoms with van der Waals surface area (Å²) in [4.78, 5) is 14.5. The third-order valence-corrected chi connectivity index (χ3v) is 4.35. The van der Waals surface area contributed by atoms with Crippen LogP contribution in [0.5, 0.6) is 0 Å². The third kappa shape index (κ3) is 2.43. The zero-order valence-corrected chi connectivity index (χ0v) is 12.1. The molecule has 0 saturated heterocycles. The minimum atomic E-state index is -0.361. The monoisotopic (exact) mass is 293 g/mol. The largest absolute Gasteiger partial charge is 0.329 e. The number of H-pyrrole nitrogens is 1. The fraction of sp³-hybridized carbons (Fsp3) is 0.211. The van der Waals surface area contributed by atoms with Gasteiger partial charge in [0.2, 0.25) is 0 Å². The molecule has 1 aromatic heterocycles. The van der Waals surface area contributed by atoms with Gasteiger partial charge in [0.15, 0.2) is 0 Å². The molecule has 0 unspecified atom stereocenters. The molecule has 0 bridgehead atoms. The van der Waals surface area contributed by atoms with Gasteiger partial charge in [0.1, 0.15) is 5.82 Å². The molecule has 1 fully saturated rings. The molecule has 3 heteroatoms. The number of rotatable bonds is 3. The summed E-state index contributed by atoms with van der Waals surface area (Å²) in [6.45, 7) is 0. The average molecular weight is 293 g/mol. The lowest BCUT2D eigenvalue weighted by molar-refractivity contribution is 0.640. The van der Waals surface area contributed by atoms with Crippen molar-refractivity contribution in [1.29, 1.82) is 0 Å². The molecule has 1 N–H and O–H groups in total. The Hall–Kier alpha value is -2.42. The standard InChI is InChI=1S/C19H16FNO/c20-18-11-15(10-17-16(18)7-8-21-19(17)22)14-5-3-13(4-6-14)9-12-1-2-12/h3-8,10-12H,1-2,9H2,(H,21,22). The predicted molar refractivity (Wildman–Crippen MR) is 86.4 cm³/mol. The van der Waals surface area contributed by atoms with Crippen molar-refractivity contribution in [3.8, 4) is 11.1 Å². The Morgan fingerprint density at radius 3 is 2.50 bits per heavy atom. The van der Waals surface area contributed by atoms with Crippen LogP contribution >= 0.6 is 0 Å². The highest BCUT2D eigenvalue weighted by Crippen LogP contribution is 2.33. The Bertz CT molecular complexity index is 891. The highest BCUT2D eigenvalue weighted by molar-refractivity contribution is 5.87. The number of aromatic amines is 1. The molecule has 4 rings (SSSR count). The zero-order chi connectivity index (χ0) is 15.1. The summed E-state index contributed by atoms with van der Waals surface area (Å²) in [5, 5.41) is 0.748. The second-order valence-electron chi connectivity index (χ2n) is 6.07. The molecule has 3 aromatic rings. The van der Waals surface area contributed by atoms with Crippen molar-refractivity contribution >= 4 is 10.8 Å². The lowest BCUT2D eigenvalue weighted by atomic mass is 9.99. The van der Waals surface area contributed by atoms with Gasteiger partial charge in [-0.15, -0.1) is 0 Å². The van der Waals surface area contributed by atoms with Gasteiger partial charge in [0.05, 0.1) is 5.39 Å². The summed E-state index contributed by atoms with van der Waals surface area (Å²) in [5.41, 5.74) is 2.73. The summed E-state index contributed by atoms with van der Waals surface area (Å²) in [6, 6.07) is 13.1. The molecule has 2 nitrogen and oxygen atoms in total. The van der Waals surface area contributed by atoms with Crippen LogP contribution in [0.3, 0.4) is 0 Å². The van der Waals surface area contributed by atoms with Gasteiger partial charge in [-0.3, -0.25) is 4.79 Å². The first kappa shape index (κ1) is 13.3. The number of hydrogen-bond donors (Lipinski definition) is 1. The zero-order valence-electron chi connectivity index (χ0n) is 12.1. The van der Waals surface area contributed by atoms with Gasteiger partial charge >= 0.3 is 0 Å². The molecule has 0 radical (unpaired) electrons. The molecular formula is C19H16FNO. The highest BCUT2D eigenvalue weighted by atomic mass is 19.1. The highest BCUT2D eigenvalue weighted by Gasteiger charge is 2.21. The molecule has 1 heterocycles. The molecule has 1 saturated carbocycles. The smallest absolute Gasteiger partial charge is 0.255 e. The quantitative estimate of drug-likeness (QED) is 0.768. The van der Waals surface area contributed by atoms with E-state index in [9.17, 15) is 9.18 Å². The van der Waals surface area contributed by atoms with Crippen molar-refractivity contribution in [2.45, 2.75) is 19.3 Å². The Morgan fingerprint density at radius 1 is 1.00 bits per heavy atom. The van der Waals surface area contributed by atoms with Crippen LogP contribution in [0.1, 0.15) is 18.4 Å². The normalized spacial score (nSPS) is 14.4. The molecule has 0 spiro atoms. The van der Waals surface area contributed by atoms with E-state index in [-0.39, 0.29) is 11.4 Å². The first-order chi connectivity index (χ1) is 10.7. The van der Waals surface area contributed by atoms with Crippen LogP contribution in [0.25, 0.3) is 21.9 Å². The summed E-state index contributed by atoms with van der Waals surface area (Å²) in [7, 11) is 0. The topological polar surface area (TPSA) is 32.9 Å². The van der Waals surface area contributed by atoms with E-state index in [0.29, 0.717) is 10.8 Å². The maximum Gasteiger partial charge on any atom is 0.255 e. The molecule has 110 valence electrons. The number of hydrogen-bond acceptors (Lipinski definition) is 1. The number of halogens is 1. The number of nitrogens with one attached hydrogen (secondary N) is 1. The van der Waals surface area contributed by atoms with E-state index in [1.165, 1.54) is 30.7 Å². The van der Waals surface area contributed by atoms with E-state index >= 15 is 0 Å². The Kier molecular flexibility index (Phi) is 3.07. The van der Waals surface area contributed by atoms with Gasteiger partial charge in [0, 0.05) is 11.6 Å². The molecule has 0 aliphatic heterocycles. The lowest BCUT2D eigenvalue weighted by Gasteiger charge is -2.07. The minimum absolute atomic E-state index is 0.261. The fourth-order valence-electron chi connectivity index (χ4n) is 2.91. The van der Waals surface area contributed by atoms with Crippen molar-refractivity contribution in [2.24, 2.45) is 5.92 Å². The third-order valence-electron chi connectivity index (χ3n) is 4.35.